The molecule has 0 unspecified atom stereocenters. The van der Waals surface area contributed by atoms with E-state index in [9.17, 15) is 4.39 Å². The van der Waals surface area contributed by atoms with Crippen LogP contribution < -0.4 is 10.6 Å². The van der Waals surface area contributed by atoms with Gasteiger partial charge < -0.3 is 15.4 Å². The molecule has 0 atom stereocenters. The van der Waals surface area contributed by atoms with Gasteiger partial charge in [-0.25, -0.2) is 4.39 Å². The van der Waals surface area contributed by atoms with E-state index in [1.165, 1.54) is 6.07 Å². The van der Waals surface area contributed by atoms with Crippen LogP contribution in [0, 0.1) is 5.82 Å². The molecule has 1 rings (SSSR count). The van der Waals surface area contributed by atoms with Gasteiger partial charge in [0, 0.05) is 20.2 Å². The van der Waals surface area contributed by atoms with Crippen LogP contribution in [0.15, 0.2) is 29.3 Å². The Kier molecular flexibility index (Phi) is 7.88. The largest absolute Gasteiger partial charge is 0.377 e. The first-order valence-electron chi connectivity index (χ1n) is 7.78. The molecule has 0 saturated carbocycles. The molecule has 4 nitrogen and oxygen atoms in total. The topological polar surface area (TPSA) is 45.7 Å². The number of nitrogens with zero attached hydrogens (tertiary/aromatic N) is 1. The van der Waals surface area contributed by atoms with Gasteiger partial charge in [0.1, 0.15) is 5.82 Å². The van der Waals surface area contributed by atoms with E-state index in [1.807, 2.05) is 26.8 Å². The molecule has 0 aliphatic carbocycles. The first-order valence-corrected chi connectivity index (χ1v) is 7.78. The van der Waals surface area contributed by atoms with Gasteiger partial charge in [-0.1, -0.05) is 12.1 Å². The Morgan fingerprint density at radius 2 is 2.09 bits per heavy atom. The van der Waals surface area contributed by atoms with Crippen LogP contribution in [0.3, 0.4) is 0 Å². The molecular weight excluding hydrogens is 281 g/mol. The molecule has 0 spiro atoms. The molecular formula is C17H28FN3O. The van der Waals surface area contributed by atoms with Gasteiger partial charge in [0.05, 0.1) is 12.1 Å². The van der Waals surface area contributed by atoms with Gasteiger partial charge in [-0.05, 0) is 51.3 Å². The van der Waals surface area contributed by atoms with Crippen LogP contribution in [0.25, 0.3) is 0 Å². The summed E-state index contributed by atoms with van der Waals surface area (Å²) in [6.45, 7) is 8.22. The van der Waals surface area contributed by atoms with Gasteiger partial charge in [-0.15, -0.1) is 0 Å². The summed E-state index contributed by atoms with van der Waals surface area (Å²) in [7, 11) is 1.69. The summed E-state index contributed by atoms with van der Waals surface area (Å²) in [5, 5.41) is 6.50. The summed E-state index contributed by atoms with van der Waals surface area (Å²) in [5.74, 6) is 0.606. The zero-order valence-corrected chi connectivity index (χ0v) is 14.1. The second-order valence-electron chi connectivity index (χ2n) is 5.82. The van der Waals surface area contributed by atoms with Crippen molar-refractivity contribution in [2.75, 3.05) is 26.7 Å². The average molecular weight is 309 g/mol. The number of nitrogens with one attached hydrogen (secondary N) is 2. The molecule has 0 aromatic heterocycles. The maximum atomic E-state index is 13.1. The lowest BCUT2D eigenvalue weighted by Gasteiger charge is -2.21. The number of aliphatic imine (C=N–C) groups is 1. The summed E-state index contributed by atoms with van der Waals surface area (Å²) < 4.78 is 18.5. The van der Waals surface area contributed by atoms with E-state index in [-0.39, 0.29) is 11.4 Å². The molecule has 22 heavy (non-hydrogen) atoms. The Balaban J connectivity index is 2.39. The maximum absolute atomic E-state index is 13.1. The van der Waals surface area contributed by atoms with E-state index in [0.717, 1.165) is 37.5 Å². The Bertz CT molecular complexity index is 475. The predicted octanol–water partition coefficient (Wildman–Crippen LogP) is 2.74. The fourth-order valence-electron chi connectivity index (χ4n) is 1.87. The normalized spacial score (nSPS) is 12.3. The maximum Gasteiger partial charge on any atom is 0.191 e. The van der Waals surface area contributed by atoms with Crippen molar-refractivity contribution in [2.45, 2.75) is 39.2 Å². The number of ether oxygens (including phenoxy) is 1. The fourth-order valence-corrected chi connectivity index (χ4v) is 1.87. The van der Waals surface area contributed by atoms with Crippen molar-refractivity contribution in [3.63, 3.8) is 0 Å². The molecule has 0 bridgehead atoms. The zero-order chi connectivity index (χ0) is 16.4. The second kappa shape index (κ2) is 9.41. The monoisotopic (exact) mass is 309 g/mol. The van der Waals surface area contributed by atoms with Crippen molar-refractivity contribution in [1.82, 2.24) is 10.6 Å². The number of guanidine groups is 1. The van der Waals surface area contributed by atoms with Crippen LogP contribution in [0.4, 0.5) is 4.39 Å². The van der Waals surface area contributed by atoms with Crippen molar-refractivity contribution >= 4 is 5.96 Å². The van der Waals surface area contributed by atoms with E-state index >= 15 is 0 Å². The number of hydrogen-bond donors (Lipinski definition) is 2. The first kappa shape index (κ1) is 18.4. The first-order chi connectivity index (χ1) is 10.5. The number of rotatable bonds is 8. The third-order valence-electron chi connectivity index (χ3n) is 3.34. The van der Waals surface area contributed by atoms with Crippen LogP contribution in [0.1, 0.15) is 32.8 Å². The van der Waals surface area contributed by atoms with E-state index in [4.69, 9.17) is 4.74 Å². The average Bonchev–Trinajstić information content (AvgIpc) is 2.49. The Labute approximate surface area is 133 Å². The van der Waals surface area contributed by atoms with Crippen molar-refractivity contribution < 1.29 is 9.13 Å². The predicted molar refractivity (Wildman–Crippen MR) is 89.8 cm³/mol. The molecule has 0 saturated heterocycles. The third kappa shape index (κ3) is 7.41. The van der Waals surface area contributed by atoms with Crippen LogP contribution in [0.2, 0.25) is 0 Å². The number of hydrogen-bond acceptors (Lipinski definition) is 2. The molecule has 0 aliphatic rings. The molecule has 1 aromatic rings. The van der Waals surface area contributed by atoms with Crippen molar-refractivity contribution in [1.29, 1.82) is 0 Å². The summed E-state index contributed by atoms with van der Waals surface area (Å²) >= 11 is 0. The highest BCUT2D eigenvalue weighted by Crippen LogP contribution is 2.07. The summed E-state index contributed by atoms with van der Waals surface area (Å²) in [6.07, 6.45) is 1.76. The summed E-state index contributed by atoms with van der Waals surface area (Å²) in [6, 6.07) is 6.75. The molecule has 1 aromatic carbocycles. The van der Waals surface area contributed by atoms with E-state index < -0.39 is 0 Å². The van der Waals surface area contributed by atoms with Crippen LogP contribution >= 0.6 is 0 Å². The molecule has 0 amide bonds. The lowest BCUT2D eigenvalue weighted by Crippen LogP contribution is -2.39. The standard InChI is InChI=1S/C17H28FN3O/c1-5-19-16(21-13-17(2,3)22-4)20-11-7-9-14-8-6-10-15(18)12-14/h6,8,10,12H,5,7,9,11,13H2,1-4H3,(H2,19,20,21). The molecule has 124 valence electrons. The minimum atomic E-state index is -0.274. The smallest absolute Gasteiger partial charge is 0.191 e. The lowest BCUT2D eigenvalue weighted by atomic mass is 10.1. The van der Waals surface area contributed by atoms with Crippen molar-refractivity contribution in [3.05, 3.63) is 35.6 Å². The molecule has 0 heterocycles. The number of benzene rings is 1. The minimum absolute atomic E-state index is 0.179. The number of aryl methyl sites for hydroxylation is 1. The third-order valence-corrected chi connectivity index (χ3v) is 3.34. The molecule has 5 heteroatoms. The van der Waals surface area contributed by atoms with Gasteiger partial charge in [-0.2, -0.15) is 0 Å². The minimum Gasteiger partial charge on any atom is -0.377 e. The van der Waals surface area contributed by atoms with Crippen LogP contribution in [-0.2, 0) is 11.2 Å². The highest BCUT2D eigenvalue weighted by molar-refractivity contribution is 5.79. The molecule has 0 radical (unpaired) electrons. The van der Waals surface area contributed by atoms with E-state index in [0.29, 0.717) is 6.54 Å². The van der Waals surface area contributed by atoms with Gasteiger partial charge >= 0.3 is 0 Å². The van der Waals surface area contributed by atoms with Gasteiger partial charge in [-0.3, -0.25) is 4.99 Å². The fraction of sp³-hybridized carbons (Fsp3) is 0.588. The van der Waals surface area contributed by atoms with Crippen molar-refractivity contribution in [3.8, 4) is 0 Å². The summed E-state index contributed by atoms with van der Waals surface area (Å²) in [5.41, 5.74) is 0.744. The van der Waals surface area contributed by atoms with Crippen LogP contribution in [-0.4, -0.2) is 38.3 Å². The second-order valence-corrected chi connectivity index (χ2v) is 5.82. The molecule has 0 aliphatic heterocycles. The summed E-state index contributed by atoms with van der Waals surface area (Å²) in [4.78, 5) is 4.52. The molecule has 2 N–H and O–H groups in total. The van der Waals surface area contributed by atoms with Gasteiger partial charge in [0.15, 0.2) is 5.96 Å². The molecule has 0 fully saturated rings. The van der Waals surface area contributed by atoms with Gasteiger partial charge in [0.25, 0.3) is 0 Å². The Hall–Kier alpha value is -1.62. The van der Waals surface area contributed by atoms with Gasteiger partial charge in [0.2, 0.25) is 0 Å². The Morgan fingerprint density at radius 3 is 2.73 bits per heavy atom. The highest BCUT2D eigenvalue weighted by Gasteiger charge is 2.15. The number of halogens is 1. The van der Waals surface area contributed by atoms with E-state index in [2.05, 4.69) is 15.6 Å². The lowest BCUT2D eigenvalue weighted by molar-refractivity contribution is 0.0310. The van der Waals surface area contributed by atoms with Crippen molar-refractivity contribution in [2.24, 2.45) is 4.99 Å². The number of methoxy groups -OCH3 is 1. The zero-order valence-electron chi connectivity index (χ0n) is 14.1. The quantitative estimate of drug-likeness (QED) is 0.441. The SMILES string of the molecule is CCNC(=NCC(C)(C)OC)NCCCc1cccc(F)c1. The highest BCUT2D eigenvalue weighted by atomic mass is 19.1. The Morgan fingerprint density at radius 1 is 1.32 bits per heavy atom. The van der Waals surface area contributed by atoms with E-state index in [1.54, 1.807) is 19.2 Å². The van der Waals surface area contributed by atoms with Crippen LogP contribution in [0.5, 0.6) is 0 Å².